The van der Waals surface area contributed by atoms with Crippen LogP contribution in [0.15, 0.2) is 29.3 Å². The van der Waals surface area contributed by atoms with Crippen molar-refractivity contribution >= 4 is 35.8 Å². The van der Waals surface area contributed by atoms with E-state index in [9.17, 15) is 4.79 Å². The van der Waals surface area contributed by atoms with Gasteiger partial charge in [-0.1, -0.05) is 24.3 Å². The Hall–Kier alpha value is -1.35. The van der Waals surface area contributed by atoms with Crippen molar-refractivity contribution in [3.63, 3.8) is 0 Å². The van der Waals surface area contributed by atoms with Crippen LogP contribution < -0.4 is 5.32 Å². The van der Waals surface area contributed by atoms with Gasteiger partial charge in [-0.3, -0.25) is 9.79 Å². The zero-order valence-electron chi connectivity index (χ0n) is 17.0. The van der Waals surface area contributed by atoms with Gasteiger partial charge < -0.3 is 19.9 Å². The van der Waals surface area contributed by atoms with Crippen LogP contribution in [0.5, 0.6) is 0 Å². The number of benzene rings is 1. The molecule has 0 spiro atoms. The summed E-state index contributed by atoms with van der Waals surface area (Å²) in [5.74, 6) is 1.88. The zero-order valence-corrected chi connectivity index (χ0v) is 19.4. The molecule has 1 fully saturated rings. The second kappa shape index (κ2) is 11.6. The Morgan fingerprint density at radius 1 is 1.29 bits per heavy atom. The average Bonchev–Trinajstić information content (AvgIpc) is 3.40. The maximum atomic E-state index is 12.4. The summed E-state index contributed by atoms with van der Waals surface area (Å²) in [7, 11) is 3.80. The van der Waals surface area contributed by atoms with Crippen LogP contribution in [0.3, 0.4) is 0 Å². The summed E-state index contributed by atoms with van der Waals surface area (Å²) in [6, 6.07) is 8.29. The van der Waals surface area contributed by atoms with E-state index in [2.05, 4.69) is 27.3 Å². The lowest BCUT2D eigenvalue weighted by atomic mass is 10.1. The second-order valence-electron chi connectivity index (χ2n) is 7.54. The summed E-state index contributed by atoms with van der Waals surface area (Å²) in [4.78, 5) is 20.8. The smallest absolute Gasteiger partial charge is 0.223 e. The monoisotopic (exact) mass is 500 g/mol. The van der Waals surface area contributed by atoms with E-state index >= 15 is 0 Å². The van der Waals surface area contributed by atoms with Crippen molar-refractivity contribution < 1.29 is 9.53 Å². The quantitative estimate of drug-likeness (QED) is 0.245. The molecule has 1 heterocycles. The van der Waals surface area contributed by atoms with Crippen molar-refractivity contribution in [2.24, 2.45) is 10.9 Å². The predicted octanol–water partition coefficient (Wildman–Crippen LogP) is 2.86. The number of guanidine groups is 1. The van der Waals surface area contributed by atoms with Crippen LogP contribution in [0, 0.1) is 5.92 Å². The number of hydrogen-bond donors (Lipinski definition) is 1. The summed E-state index contributed by atoms with van der Waals surface area (Å²) in [5, 5.41) is 3.34. The Labute approximate surface area is 185 Å². The third-order valence-electron chi connectivity index (χ3n) is 5.24. The summed E-state index contributed by atoms with van der Waals surface area (Å²) in [5.41, 5.74) is 2.55. The van der Waals surface area contributed by atoms with Crippen LogP contribution in [-0.4, -0.2) is 62.1 Å². The number of carbonyl (C=O) groups excluding carboxylic acids is 1. The fraction of sp³-hybridized carbons (Fsp3) is 0.619. The van der Waals surface area contributed by atoms with Crippen LogP contribution in [0.25, 0.3) is 0 Å². The van der Waals surface area contributed by atoms with Gasteiger partial charge in [-0.2, -0.15) is 0 Å². The first-order valence-electron chi connectivity index (χ1n) is 10.0. The average molecular weight is 500 g/mol. The van der Waals surface area contributed by atoms with E-state index in [4.69, 9.17) is 4.74 Å². The molecule has 1 aromatic rings. The minimum Gasteiger partial charge on any atom is -0.379 e. The molecule has 156 valence electrons. The van der Waals surface area contributed by atoms with Gasteiger partial charge in [0.2, 0.25) is 5.91 Å². The fourth-order valence-electron chi connectivity index (χ4n) is 3.33. The third kappa shape index (κ3) is 6.92. The van der Waals surface area contributed by atoms with Crippen molar-refractivity contribution in [1.29, 1.82) is 0 Å². The second-order valence-corrected chi connectivity index (χ2v) is 7.54. The summed E-state index contributed by atoms with van der Waals surface area (Å²) >= 11 is 0. The Bertz CT molecular complexity index is 639. The molecule has 0 bridgehead atoms. The van der Waals surface area contributed by atoms with Crippen molar-refractivity contribution in [2.75, 3.05) is 40.4 Å². The maximum Gasteiger partial charge on any atom is 0.223 e. The highest BCUT2D eigenvalue weighted by Crippen LogP contribution is 2.28. The van der Waals surface area contributed by atoms with E-state index in [-0.39, 0.29) is 29.9 Å². The summed E-state index contributed by atoms with van der Waals surface area (Å²) in [6.07, 6.45) is 4.01. The molecule has 1 aromatic carbocycles. The molecule has 1 N–H and O–H groups in total. The highest BCUT2D eigenvalue weighted by Gasteiger charge is 2.22. The van der Waals surface area contributed by atoms with Gasteiger partial charge in [0.1, 0.15) is 0 Å². The van der Waals surface area contributed by atoms with Crippen molar-refractivity contribution in [1.82, 2.24) is 15.1 Å². The largest absolute Gasteiger partial charge is 0.379 e. The van der Waals surface area contributed by atoms with Crippen LogP contribution in [0.2, 0.25) is 0 Å². The molecule has 3 rings (SSSR count). The van der Waals surface area contributed by atoms with Crippen molar-refractivity contribution in [3.8, 4) is 0 Å². The maximum absolute atomic E-state index is 12.4. The van der Waals surface area contributed by atoms with E-state index in [1.54, 1.807) is 7.05 Å². The van der Waals surface area contributed by atoms with E-state index in [1.165, 1.54) is 24.0 Å². The molecule has 0 radical (unpaired) electrons. The molecule has 1 amide bonds. The number of carbonyl (C=O) groups is 1. The van der Waals surface area contributed by atoms with Gasteiger partial charge in [-0.25, -0.2) is 0 Å². The molecule has 1 saturated carbocycles. The topological polar surface area (TPSA) is 57.2 Å². The molecule has 0 saturated heterocycles. The Morgan fingerprint density at radius 2 is 1.96 bits per heavy atom. The predicted molar refractivity (Wildman–Crippen MR) is 123 cm³/mol. The minimum atomic E-state index is 0. The summed E-state index contributed by atoms with van der Waals surface area (Å²) < 4.78 is 5.69. The van der Waals surface area contributed by atoms with Gasteiger partial charge in [0, 0.05) is 53.3 Å². The lowest BCUT2D eigenvalue weighted by Gasteiger charge is -2.22. The molecule has 6 nitrogen and oxygen atoms in total. The Kier molecular flexibility index (Phi) is 9.50. The van der Waals surface area contributed by atoms with E-state index in [0.29, 0.717) is 6.42 Å². The molecule has 0 unspecified atom stereocenters. The lowest BCUT2D eigenvalue weighted by molar-refractivity contribution is -0.131. The molecule has 0 atom stereocenters. The first-order chi connectivity index (χ1) is 13.2. The van der Waals surface area contributed by atoms with Crippen LogP contribution in [0.1, 0.15) is 36.8 Å². The van der Waals surface area contributed by atoms with Crippen LogP contribution in [0.4, 0.5) is 0 Å². The number of nitrogens with one attached hydrogen (secondary N) is 1. The minimum absolute atomic E-state index is 0. The normalized spacial score (nSPS) is 15.8. The summed E-state index contributed by atoms with van der Waals surface area (Å²) in [6.45, 7) is 4.66. The van der Waals surface area contributed by atoms with E-state index in [0.717, 1.165) is 57.7 Å². The molecule has 0 aromatic heterocycles. The first-order valence-corrected chi connectivity index (χ1v) is 10.0. The third-order valence-corrected chi connectivity index (χ3v) is 5.24. The standard InChI is InChI=1S/C21H32N4O2.HI/c1-22-21(24(2)12-13-27-16-17-9-10-17)23-11-5-8-20(26)25-14-18-6-3-4-7-19(18)15-25;/h3-4,6-7,17H,5,8-16H2,1-2H3,(H,22,23);1H. The molecule has 1 aliphatic carbocycles. The van der Waals surface area contributed by atoms with Gasteiger partial charge in [-0.05, 0) is 36.3 Å². The zero-order chi connectivity index (χ0) is 19.1. The van der Waals surface area contributed by atoms with Gasteiger partial charge in [0.05, 0.1) is 6.61 Å². The Balaban J connectivity index is 0.00000280. The van der Waals surface area contributed by atoms with Gasteiger partial charge >= 0.3 is 0 Å². The number of hydrogen-bond acceptors (Lipinski definition) is 3. The lowest BCUT2D eigenvalue weighted by Crippen LogP contribution is -2.41. The molecular weight excluding hydrogens is 467 g/mol. The van der Waals surface area contributed by atoms with Crippen molar-refractivity contribution in [3.05, 3.63) is 35.4 Å². The van der Waals surface area contributed by atoms with Gasteiger partial charge in [-0.15, -0.1) is 24.0 Å². The van der Waals surface area contributed by atoms with E-state index < -0.39 is 0 Å². The van der Waals surface area contributed by atoms with Crippen molar-refractivity contribution in [2.45, 2.75) is 38.8 Å². The number of aliphatic imine (C=N–C) groups is 1. The van der Waals surface area contributed by atoms with Gasteiger partial charge in [0.15, 0.2) is 5.96 Å². The number of likely N-dealkylation sites (N-methyl/N-ethyl adjacent to an activating group) is 1. The molecular formula is C21H33IN4O2. The van der Waals surface area contributed by atoms with Gasteiger partial charge in [0.25, 0.3) is 0 Å². The number of amides is 1. The number of fused-ring (bicyclic) bond motifs is 1. The molecule has 1 aliphatic heterocycles. The highest BCUT2D eigenvalue weighted by atomic mass is 127. The van der Waals surface area contributed by atoms with Crippen LogP contribution >= 0.6 is 24.0 Å². The first kappa shape index (κ1) is 22.9. The highest BCUT2D eigenvalue weighted by molar-refractivity contribution is 14.0. The molecule has 7 heteroatoms. The van der Waals surface area contributed by atoms with Crippen LogP contribution in [-0.2, 0) is 22.6 Å². The van der Waals surface area contributed by atoms with E-state index in [1.807, 2.05) is 24.1 Å². The fourth-order valence-corrected chi connectivity index (χ4v) is 3.33. The SMILES string of the molecule is CN=C(NCCCC(=O)N1Cc2ccccc2C1)N(C)CCOCC1CC1.I. The number of ether oxygens (including phenoxy) is 1. The molecule has 28 heavy (non-hydrogen) atoms. The number of nitrogens with zero attached hydrogens (tertiary/aromatic N) is 3. The Morgan fingerprint density at radius 3 is 2.57 bits per heavy atom. The number of halogens is 1. The molecule has 2 aliphatic rings. The number of rotatable bonds is 9.